The lowest BCUT2D eigenvalue weighted by Crippen LogP contribution is -2.36. The Kier molecular flexibility index (Phi) is 3.32. The van der Waals surface area contributed by atoms with Gasteiger partial charge in [-0.1, -0.05) is 0 Å². The summed E-state index contributed by atoms with van der Waals surface area (Å²) in [4.78, 5) is 13.8. The third-order valence-corrected chi connectivity index (χ3v) is 2.95. The van der Waals surface area contributed by atoms with Gasteiger partial charge in [0.2, 0.25) is 0 Å². The first-order valence-electron chi connectivity index (χ1n) is 6.36. The van der Waals surface area contributed by atoms with Gasteiger partial charge in [0.15, 0.2) is 0 Å². The molecule has 0 radical (unpaired) electrons. The highest BCUT2D eigenvalue weighted by atomic mass is 16.6. The van der Waals surface area contributed by atoms with Crippen LogP contribution in [0.3, 0.4) is 0 Å². The molecule has 5 nitrogen and oxygen atoms in total. The summed E-state index contributed by atoms with van der Waals surface area (Å²) in [6.45, 7) is 9.85. The highest BCUT2D eigenvalue weighted by Gasteiger charge is 2.25. The van der Waals surface area contributed by atoms with Gasteiger partial charge in [0.1, 0.15) is 5.60 Å². The van der Waals surface area contributed by atoms with E-state index in [0.29, 0.717) is 6.54 Å². The zero-order valence-corrected chi connectivity index (χ0v) is 11.6. The molecule has 0 saturated heterocycles. The van der Waals surface area contributed by atoms with E-state index in [1.807, 2.05) is 38.6 Å². The average Bonchev–Trinajstić information content (AvgIpc) is 2.49. The lowest BCUT2D eigenvalue weighted by molar-refractivity contribution is 0.0236. The molecule has 1 aromatic heterocycles. The summed E-state index contributed by atoms with van der Waals surface area (Å²) in [5.74, 6) is 0. The number of rotatable bonds is 0. The van der Waals surface area contributed by atoms with Gasteiger partial charge in [0.05, 0.1) is 18.4 Å². The normalized spacial score (nSPS) is 16.1. The minimum absolute atomic E-state index is 0.239. The zero-order chi connectivity index (χ0) is 13.3. The Balaban J connectivity index is 2.12. The Hall–Kier alpha value is -1.52. The fourth-order valence-corrected chi connectivity index (χ4v) is 2.06. The number of fused-ring (bicyclic) bond motifs is 1. The van der Waals surface area contributed by atoms with Crippen LogP contribution in [0.5, 0.6) is 0 Å². The molecule has 0 aliphatic carbocycles. The summed E-state index contributed by atoms with van der Waals surface area (Å²) < 4.78 is 7.41. The molecule has 0 aromatic carbocycles. The number of aryl methyl sites for hydroxylation is 2. The van der Waals surface area contributed by atoms with E-state index in [4.69, 9.17) is 4.74 Å². The molecule has 0 saturated carbocycles. The number of hydrogen-bond acceptors (Lipinski definition) is 3. The monoisotopic (exact) mass is 251 g/mol. The smallest absolute Gasteiger partial charge is 0.410 e. The van der Waals surface area contributed by atoms with Crippen molar-refractivity contribution in [2.24, 2.45) is 0 Å². The maximum absolute atomic E-state index is 12.1. The van der Waals surface area contributed by atoms with Crippen LogP contribution in [0.25, 0.3) is 0 Å². The van der Waals surface area contributed by atoms with E-state index < -0.39 is 5.60 Å². The molecule has 100 valence electrons. The number of carbonyl (C=O) groups excluding carboxylic acids is 1. The van der Waals surface area contributed by atoms with Crippen LogP contribution in [-0.4, -0.2) is 32.9 Å². The first kappa shape index (κ1) is 12.9. The van der Waals surface area contributed by atoms with E-state index in [1.54, 1.807) is 4.90 Å². The topological polar surface area (TPSA) is 47.4 Å². The average molecular weight is 251 g/mol. The third-order valence-electron chi connectivity index (χ3n) is 2.95. The fourth-order valence-electron chi connectivity index (χ4n) is 2.06. The number of aromatic nitrogens is 2. The molecule has 1 aliphatic rings. The molecule has 0 spiro atoms. The Morgan fingerprint density at radius 3 is 2.78 bits per heavy atom. The molecular weight excluding hydrogens is 230 g/mol. The highest BCUT2D eigenvalue weighted by molar-refractivity contribution is 5.68. The van der Waals surface area contributed by atoms with E-state index in [1.165, 1.54) is 0 Å². The van der Waals surface area contributed by atoms with E-state index in [0.717, 1.165) is 30.8 Å². The summed E-state index contributed by atoms with van der Waals surface area (Å²) >= 11 is 0. The molecule has 0 N–H and O–H groups in total. The van der Waals surface area contributed by atoms with Gasteiger partial charge < -0.3 is 9.64 Å². The summed E-state index contributed by atoms with van der Waals surface area (Å²) in [6.07, 6.45) is 2.53. The van der Waals surface area contributed by atoms with E-state index in [2.05, 4.69) is 5.10 Å². The molecule has 2 rings (SSSR count). The van der Waals surface area contributed by atoms with Gasteiger partial charge >= 0.3 is 6.09 Å². The molecule has 0 atom stereocenters. The van der Waals surface area contributed by atoms with Crippen molar-refractivity contribution >= 4 is 6.09 Å². The Bertz CT molecular complexity index is 446. The van der Waals surface area contributed by atoms with Gasteiger partial charge in [-0.25, -0.2) is 4.79 Å². The fraction of sp³-hybridized carbons (Fsp3) is 0.692. The van der Waals surface area contributed by atoms with Crippen LogP contribution >= 0.6 is 0 Å². The van der Waals surface area contributed by atoms with Gasteiger partial charge in [-0.2, -0.15) is 5.10 Å². The lowest BCUT2D eigenvalue weighted by Gasteiger charge is -2.26. The minimum Gasteiger partial charge on any atom is -0.444 e. The van der Waals surface area contributed by atoms with Crippen LogP contribution in [-0.2, 0) is 17.8 Å². The van der Waals surface area contributed by atoms with Crippen molar-refractivity contribution < 1.29 is 9.53 Å². The van der Waals surface area contributed by atoms with Crippen LogP contribution in [0.1, 0.15) is 38.4 Å². The van der Waals surface area contributed by atoms with E-state index >= 15 is 0 Å². The minimum atomic E-state index is -0.446. The zero-order valence-electron chi connectivity index (χ0n) is 11.6. The second-order valence-corrected chi connectivity index (χ2v) is 5.75. The van der Waals surface area contributed by atoms with Gasteiger partial charge in [0, 0.05) is 13.1 Å². The van der Waals surface area contributed by atoms with E-state index in [9.17, 15) is 4.79 Å². The van der Waals surface area contributed by atoms with Crippen LogP contribution in [0, 0.1) is 6.92 Å². The van der Waals surface area contributed by atoms with Crippen LogP contribution in [0.15, 0.2) is 6.20 Å². The van der Waals surface area contributed by atoms with Crippen molar-refractivity contribution in [2.75, 3.05) is 6.54 Å². The summed E-state index contributed by atoms with van der Waals surface area (Å²) in [6, 6.07) is 0. The second kappa shape index (κ2) is 4.63. The number of ether oxygens (including phenoxy) is 1. The van der Waals surface area contributed by atoms with Crippen molar-refractivity contribution in [1.82, 2.24) is 14.7 Å². The molecule has 2 heterocycles. The molecule has 1 aliphatic heterocycles. The SMILES string of the molecule is Cc1cnn2c1CN(C(=O)OC(C)(C)C)CCC2. The molecule has 0 fully saturated rings. The van der Waals surface area contributed by atoms with Crippen molar-refractivity contribution in [3.05, 3.63) is 17.5 Å². The summed E-state index contributed by atoms with van der Waals surface area (Å²) in [5.41, 5.74) is 1.79. The van der Waals surface area contributed by atoms with Crippen molar-refractivity contribution in [1.29, 1.82) is 0 Å². The number of amides is 1. The third kappa shape index (κ3) is 2.83. The number of hydrogen-bond donors (Lipinski definition) is 0. The number of carbonyl (C=O) groups is 1. The molecule has 0 unspecified atom stereocenters. The maximum Gasteiger partial charge on any atom is 0.410 e. The Morgan fingerprint density at radius 1 is 1.39 bits per heavy atom. The van der Waals surface area contributed by atoms with Gasteiger partial charge in [-0.15, -0.1) is 0 Å². The van der Waals surface area contributed by atoms with Crippen LogP contribution < -0.4 is 0 Å². The van der Waals surface area contributed by atoms with Gasteiger partial charge in [0.25, 0.3) is 0 Å². The van der Waals surface area contributed by atoms with Crippen molar-refractivity contribution in [3.63, 3.8) is 0 Å². The summed E-state index contributed by atoms with van der Waals surface area (Å²) in [7, 11) is 0. The number of nitrogens with zero attached hydrogens (tertiary/aromatic N) is 3. The largest absolute Gasteiger partial charge is 0.444 e. The molecule has 0 bridgehead atoms. The first-order valence-corrected chi connectivity index (χ1v) is 6.36. The van der Waals surface area contributed by atoms with Crippen LogP contribution in [0.4, 0.5) is 4.79 Å². The highest BCUT2D eigenvalue weighted by Crippen LogP contribution is 2.18. The first-order chi connectivity index (χ1) is 8.37. The Labute approximate surface area is 108 Å². The lowest BCUT2D eigenvalue weighted by atomic mass is 10.2. The van der Waals surface area contributed by atoms with Gasteiger partial charge in [-0.3, -0.25) is 4.68 Å². The molecular formula is C13H21N3O2. The predicted molar refractivity (Wildman–Crippen MR) is 68.2 cm³/mol. The van der Waals surface area contributed by atoms with Gasteiger partial charge in [-0.05, 0) is 39.7 Å². The molecule has 5 heteroatoms. The van der Waals surface area contributed by atoms with E-state index in [-0.39, 0.29) is 6.09 Å². The van der Waals surface area contributed by atoms with Crippen molar-refractivity contribution in [2.45, 2.75) is 52.8 Å². The van der Waals surface area contributed by atoms with Crippen LogP contribution in [0.2, 0.25) is 0 Å². The quantitative estimate of drug-likeness (QED) is 0.711. The second-order valence-electron chi connectivity index (χ2n) is 5.75. The predicted octanol–water partition coefficient (Wildman–Crippen LogP) is 2.33. The maximum atomic E-state index is 12.1. The Morgan fingerprint density at radius 2 is 2.11 bits per heavy atom. The molecule has 1 amide bonds. The van der Waals surface area contributed by atoms with Crippen molar-refractivity contribution in [3.8, 4) is 0 Å². The molecule has 18 heavy (non-hydrogen) atoms. The summed E-state index contributed by atoms with van der Waals surface area (Å²) in [5, 5.41) is 4.32. The standard InChI is InChI=1S/C13H21N3O2/c1-10-8-14-16-7-5-6-15(9-11(10)16)12(17)18-13(2,3)4/h8H,5-7,9H2,1-4H3. The molecule has 1 aromatic rings.